The number of hydrogen-bond donors (Lipinski definition) is 2. The van der Waals surface area contributed by atoms with E-state index < -0.39 is 37.6 Å². The zero-order valence-electron chi connectivity index (χ0n) is 14.8. The van der Waals surface area contributed by atoms with Crippen LogP contribution in [0.1, 0.15) is 0 Å². The van der Waals surface area contributed by atoms with Crippen molar-refractivity contribution in [3.8, 4) is 0 Å². The van der Waals surface area contributed by atoms with Gasteiger partial charge in [0.05, 0.1) is 17.3 Å². The first-order chi connectivity index (χ1) is 13.0. The second kappa shape index (κ2) is 7.69. The second-order valence-corrected chi connectivity index (χ2v) is 11.7. The fourth-order valence-corrected chi connectivity index (χ4v) is 6.05. The highest BCUT2D eigenvalue weighted by molar-refractivity contribution is 7.91. The van der Waals surface area contributed by atoms with Gasteiger partial charge in [-0.2, -0.15) is 0 Å². The molecule has 28 heavy (non-hydrogen) atoms. The molecule has 2 N–H and O–H groups in total. The van der Waals surface area contributed by atoms with E-state index in [1.54, 1.807) is 12.1 Å². The van der Waals surface area contributed by atoms with E-state index in [9.17, 15) is 22.4 Å². The van der Waals surface area contributed by atoms with E-state index in [4.69, 9.17) is 4.89 Å². The lowest BCUT2D eigenvalue weighted by molar-refractivity contribution is 0.206. The largest absolute Gasteiger partial charge is 0.479 e. The topological polar surface area (TPSA) is 127 Å². The predicted molar refractivity (Wildman–Crippen MR) is 106 cm³/mol. The number of benzene rings is 3. The lowest BCUT2D eigenvalue weighted by Crippen LogP contribution is -2.12. The number of rotatable bonds is 7. The molecule has 8 nitrogen and oxygen atoms in total. The summed E-state index contributed by atoms with van der Waals surface area (Å²) < 4.78 is 56.3. The van der Waals surface area contributed by atoms with E-state index in [2.05, 4.69) is 8.83 Å². The summed E-state index contributed by atoms with van der Waals surface area (Å²) in [6.07, 6.45) is 0. The summed E-state index contributed by atoms with van der Waals surface area (Å²) in [6, 6.07) is 16.1. The first-order valence-electron chi connectivity index (χ1n) is 8.10. The zero-order chi connectivity index (χ0) is 20.6. The van der Waals surface area contributed by atoms with Crippen molar-refractivity contribution >= 4 is 46.8 Å². The first kappa shape index (κ1) is 21.1. The van der Waals surface area contributed by atoms with Crippen LogP contribution in [0.4, 0.5) is 0 Å². The molecule has 0 bridgehead atoms. The van der Waals surface area contributed by atoms with Crippen LogP contribution in [0.25, 0.3) is 21.5 Å². The van der Waals surface area contributed by atoms with Gasteiger partial charge in [-0.3, -0.25) is 9.09 Å². The SMILES string of the molecule is CP(=O)(O)OP(=O)(O)OCCS(=O)(=O)c1ccc2ccc3ccccc3c2c1. The average Bonchev–Trinajstić information content (AvgIpc) is 2.58. The van der Waals surface area contributed by atoms with Crippen LogP contribution in [-0.4, -0.2) is 37.2 Å². The quantitative estimate of drug-likeness (QED) is 0.417. The van der Waals surface area contributed by atoms with Crippen molar-refractivity contribution in [3.63, 3.8) is 0 Å². The third-order valence-corrected chi connectivity index (χ3v) is 8.16. The number of sulfone groups is 1. The van der Waals surface area contributed by atoms with Crippen LogP contribution < -0.4 is 0 Å². The van der Waals surface area contributed by atoms with Crippen LogP contribution in [-0.2, 0) is 27.8 Å². The molecule has 0 aliphatic rings. The molecule has 0 aromatic heterocycles. The molecule has 11 heteroatoms. The normalized spacial score (nSPS) is 16.7. The fourth-order valence-electron chi connectivity index (χ4n) is 2.77. The number of phosphoric ester groups is 1. The molecule has 0 radical (unpaired) electrons. The Labute approximate surface area is 161 Å². The van der Waals surface area contributed by atoms with Gasteiger partial charge in [-0.25, -0.2) is 17.3 Å². The maximum Gasteiger partial charge on any atom is 0.479 e. The fraction of sp³-hybridized carbons (Fsp3) is 0.176. The molecule has 150 valence electrons. The molecule has 3 aromatic carbocycles. The Balaban J connectivity index is 1.84. The van der Waals surface area contributed by atoms with Gasteiger partial charge >= 0.3 is 15.4 Å². The van der Waals surface area contributed by atoms with E-state index in [1.165, 1.54) is 6.07 Å². The first-order valence-corrected chi connectivity index (χ1v) is 13.3. The van der Waals surface area contributed by atoms with E-state index in [-0.39, 0.29) is 4.90 Å². The zero-order valence-corrected chi connectivity index (χ0v) is 17.4. The minimum Gasteiger partial charge on any atom is -0.324 e. The van der Waals surface area contributed by atoms with Crippen molar-refractivity contribution in [1.29, 1.82) is 0 Å². The van der Waals surface area contributed by atoms with Crippen molar-refractivity contribution in [2.75, 3.05) is 19.0 Å². The van der Waals surface area contributed by atoms with Crippen molar-refractivity contribution in [2.45, 2.75) is 4.90 Å². The van der Waals surface area contributed by atoms with Gasteiger partial charge in [0.2, 0.25) is 0 Å². The molecule has 2 atom stereocenters. The van der Waals surface area contributed by atoms with E-state index in [0.717, 1.165) is 28.2 Å². The Morgan fingerprint density at radius 3 is 2.21 bits per heavy atom. The molecule has 0 aliphatic heterocycles. The van der Waals surface area contributed by atoms with Crippen LogP contribution in [0.3, 0.4) is 0 Å². The minimum atomic E-state index is -4.84. The molecule has 0 fully saturated rings. The van der Waals surface area contributed by atoms with Crippen LogP contribution in [0.15, 0.2) is 59.5 Å². The summed E-state index contributed by atoms with van der Waals surface area (Å²) in [5, 5.41) is 3.52. The van der Waals surface area contributed by atoms with Gasteiger partial charge in [0.1, 0.15) is 0 Å². The van der Waals surface area contributed by atoms with E-state index in [1.807, 2.05) is 36.4 Å². The summed E-state index contributed by atoms with van der Waals surface area (Å²) in [5.74, 6) is -0.601. The maximum atomic E-state index is 12.6. The van der Waals surface area contributed by atoms with Crippen molar-refractivity contribution < 1.29 is 36.2 Å². The highest BCUT2D eigenvalue weighted by Crippen LogP contribution is 2.57. The molecule has 3 rings (SSSR count). The molecular weight excluding hydrogens is 426 g/mol. The Hall–Kier alpha value is -1.57. The Bertz CT molecular complexity index is 1230. The van der Waals surface area contributed by atoms with Crippen molar-refractivity contribution in [3.05, 3.63) is 54.6 Å². The molecule has 0 amide bonds. The van der Waals surface area contributed by atoms with Crippen molar-refractivity contribution in [1.82, 2.24) is 0 Å². The van der Waals surface area contributed by atoms with E-state index >= 15 is 0 Å². The molecule has 0 saturated carbocycles. The summed E-state index contributed by atoms with van der Waals surface area (Å²) in [7, 11) is -12.9. The third kappa shape index (κ3) is 5.07. The third-order valence-electron chi connectivity index (χ3n) is 3.94. The molecule has 0 heterocycles. The van der Waals surface area contributed by atoms with Gasteiger partial charge in [0, 0.05) is 6.66 Å². The van der Waals surface area contributed by atoms with Gasteiger partial charge in [0.15, 0.2) is 9.84 Å². The van der Waals surface area contributed by atoms with Crippen LogP contribution in [0.5, 0.6) is 0 Å². The molecule has 0 aliphatic carbocycles. The maximum absolute atomic E-state index is 12.6. The number of phosphoric acid groups is 1. The smallest absolute Gasteiger partial charge is 0.324 e. The lowest BCUT2D eigenvalue weighted by atomic mass is 10.0. The Morgan fingerprint density at radius 1 is 0.929 bits per heavy atom. The monoisotopic (exact) mass is 444 g/mol. The number of hydrogen-bond acceptors (Lipinski definition) is 6. The van der Waals surface area contributed by atoms with E-state index in [0.29, 0.717) is 0 Å². The van der Waals surface area contributed by atoms with Crippen LogP contribution >= 0.6 is 15.4 Å². The van der Waals surface area contributed by atoms with Gasteiger partial charge in [-0.15, -0.1) is 0 Å². The average molecular weight is 444 g/mol. The predicted octanol–water partition coefficient (Wildman–Crippen LogP) is 3.72. The van der Waals surface area contributed by atoms with Crippen molar-refractivity contribution in [2.24, 2.45) is 0 Å². The Kier molecular flexibility index (Phi) is 5.81. The highest BCUT2D eigenvalue weighted by atomic mass is 32.2. The van der Waals surface area contributed by atoms with Crippen LogP contribution in [0, 0.1) is 0 Å². The molecule has 2 unspecified atom stereocenters. The minimum absolute atomic E-state index is 0.0389. The number of fused-ring (bicyclic) bond motifs is 3. The molecular formula is C17H18O8P2S. The van der Waals surface area contributed by atoms with Gasteiger partial charge < -0.3 is 9.79 Å². The summed E-state index contributed by atoms with van der Waals surface area (Å²) >= 11 is 0. The molecule has 3 aromatic rings. The summed E-state index contributed by atoms with van der Waals surface area (Å²) in [5.41, 5.74) is 0. The summed E-state index contributed by atoms with van der Waals surface area (Å²) in [6.45, 7) is 0.0407. The second-order valence-electron chi connectivity index (χ2n) is 6.17. The molecule has 0 saturated heterocycles. The standard InChI is InChI=1S/C17H18O8P2S/c1-26(18,19)25-27(20,21)24-10-11-28(22,23)15-9-8-14-7-6-13-4-2-3-5-16(13)17(14)12-15/h2-9,12H,10-11H2,1H3,(H,18,19)(H,20,21). The van der Waals surface area contributed by atoms with Crippen LogP contribution in [0.2, 0.25) is 0 Å². The lowest BCUT2D eigenvalue weighted by Gasteiger charge is -2.13. The Morgan fingerprint density at radius 2 is 1.54 bits per heavy atom. The summed E-state index contributed by atoms with van der Waals surface area (Å²) in [4.78, 5) is 18.4. The van der Waals surface area contributed by atoms with Gasteiger partial charge in [-0.05, 0) is 33.7 Å². The van der Waals surface area contributed by atoms with Gasteiger partial charge in [-0.1, -0.05) is 42.5 Å². The highest BCUT2D eigenvalue weighted by Gasteiger charge is 2.30. The molecule has 0 spiro atoms. The van der Waals surface area contributed by atoms with Gasteiger partial charge in [0.25, 0.3) is 0 Å².